The maximum absolute atomic E-state index is 12.9. The van der Waals surface area contributed by atoms with Gasteiger partial charge in [-0.15, -0.1) is 0 Å². The Morgan fingerprint density at radius 1 is 1.14 bits per heavy atom. The van der Waals surface area contributed by atoms with E-state index in [1.807, 2.05) is 0 Å². The van der Waals surface area contributed by atoms with Crippen LogP contribution in [0, 0.1) is 5.41 Å². The molecule has 0 spiro atoms. The number of hydrogen-bond acceptors (Lipinski definition) is 5. The zero-order valence-electron chi connectivity index (χ0n) is 17.3. The Bertz CT molecular complexity index is 618. The molecule has 1 saturated heterocycles. The van der Waals surface area contributed by atoms with Gasteiger partial charge >= 0.3 is 0 Å². The standard InChI is InChI=1S/C21H34N4O3/c1-4-25(5-2)15-14-23-19(26)17-6-8-18(9-7-17)24-20(27)21(16-28-3)10-12-22-13-11-21/h6-9,22H,4-5,10-16H2,1-3H3,(H,23,26)(H,24,27). The summed E-state index contributed by atoms with van der Waals surface area (Å²) in [5.74, 6) is -0.119. The fraction of sp³-hybridized carbons (Fsp3) is 0.619. The molecule has 1 aliphatic rings. The molecule has 1 aromatic carbocycles. The van der Waals surface area contributed by atoms with Gasteiger partial charge < -0.3 is 25.6 Å². The minimum atomic E-state index is -0.500. The van der Waals surface area contributed by atoms with E-state index in [1.165, 1.54) is 0 Å². The largest absolute Gasteiger partial charge is 0.384 e. The molecule has 0 aliphatic carbocycles. The van der Waals surface area contributed by atoms with Gasteiger partial charge in [0.25, 0.3) is 5.91 Å². The predicted octanol–water partition coefficient (Wildman–Crippen LogP) is 1.71. The van der Waals surface area contributed by atoms with Crippen LogP contribution in [0.3, 0.4) is 0 Å². The molecule has 0 aromatic heterocycles. The van der Waals surface area contributed by atoms with Crippen molar-refractivity contribution < 1.29 is 14.3 Å². The van der Waals surface area contributed by atoms with Crippen LogP contribution in [-0.2, 0) is 9.53 Å². The molecule has 1 aliphatic heterocycles. The number of likely N-dealkylation sites (N-methyl/N-ethyl adjacent to an activating group) is 1. The lowest BCUT2D eigenvalue weighted by Gasteiger charge is -2.35. The Morgan fingerprint density at radius 3 is 2.36 bits per heavy atom. The lowest BCUT2D eigenvalue weighted by atomic mass is 9.78. The zero-order valence-corrected chi connectivity index (χ0v) is 17.3. The SMILES string of the molecule is CCN(CC)CCNC(=O)c1ccc(NC(=O)C2(COC)CCNCC2)cc1. The third kappa shape index (κ3) is 6.02. The maximum atomic E-state index is 12.9. The average molecular weight is 391 g/mol. The van der Waals surface area contributed by atoms with Gasteiger partial charge in [0.15, 0.2) is 0 Å². The molecule has 1 fully saturated rings. The number of amides is 2. The quantitative estimate of drug-likeness (QED) is 0.567. The van der Waals surface area contributed by atoms with Crippen LogP contribution in [0.25, 0.3) is 0 Å². The summed E-state index contributed by atoms with van der Waals surface area (Å²) in [7, 11) is 1.63. The number of ether oxygens (including phenoxy) is 1. The van der Waals surface area contributed by atoms with Crippen molar-refractivity contribution in [3.63, 3.8) is 0 Å². The molecule has 1 aromatic rings. The van der Waals surface area contributed by atoms with Crippen LogP contribution in [-0.4, -0.2) is 69.7 Å². The number of methoxy groups -OCH3 is 1. The summed E-state index contributed by atoms with van der Waals surface area (Å²) in [4.78, 5) is 27.4. The van der Waals surface area contributed by atoms with Crippen molar-refractivity contribution in [3.05, 3.63) is 29.8 Å². The highest BCUT2D eigenvalue weighted by atomic mass is 16.5. The second-order valence-electron chi connectivity index (χ2n) is 7.28. The monoisotopic (exact) mass is 390 g/mol. The van der Waals surface area contributed by atoms with Gasteiger partial charge in [0.05, 0.1) is 12.0 Å². The van der Waals surface area contributed by atoms with Gasteiger partial charge in [-0.05, 0) is 63.3 Å². The lowest BCUT2D eigenvalue weighted by molar-refractivity contribution is -0.130. The zero-order chi connectivity index (χ0) is 20.4. The van der Waals surface area contributed by atoms with Crippen molar-refractivity contribution in [1.29, 1.82) is 0 Å². The smallest absolute Gasteiger partial charge is 0.251 e. The second-order valence-corrected chi connectivity index (χ2v) is 7.28. The van der Waals surface area contributed by atoms with Crippen molar-refractivity contribution in [2.24, 2.45) is 5.41 Å². The average Bonchev–Trinajstić information content (AvgIpc) is 2.72. The summed E-state index contributed by atoms with van der Waals surface area (Å²) in [6, 6.07) is 7.04. The maximum Gasteiger partial charge on any atom is 0.251 e. The first-order chi connectivity index (χ1) is 13.5. The van der Waals surface area contributed by atoms with Gasteiger partial charge in [0.2, 0.25) is 5.91 Å². The van der Waals surface area contributed by atoms with Gasteiger partial charge in [-0.3, -0.25) is 9.59 Å². The summed E-state index contributed by atoms with van der Waals surface area (Å²) in [5.41, 5.74) is 0.783. The molecular formula is C21H34N4O3. The molecule has 0 bridgehead atoms. The number of carbonyl (C=O) groups excluding carboxylic acids is 2. The van der Waals surface area contributed by atoms with Gasteiger partial charge in [0, 0.05) is 31.5 Å². The van der Waals surface area contributed by atoms with E-state index in [-0.39, 0.29) is 11.8 Å². The first kappa shape index (κ1) is 22.3. The summed E-state index contributed by atoms with van der Waals surface area (Å²) in [6.07, 6.45) is 1.50. The Hall–Kier alpha value is -1.96. The number of rotatable bonds is 10. The summed E-state index contributed by atoms with van der Waals surface area (Å²) in [5, 5.41) is 9.22. The molecule has 2 amide bonds. The molecule has 0 atom stereocenters. The molecule has 0 saturated carbocycles. The van der Waals surface area contributed by atoms with Crippen LogP contribution in [0.15, 0.2) is 24.3 Å². The van der Waals surface area contributed by atoms with E-state index < -0.39 is 5.41 Å². The molecule has 7 nitrogen and oxygen atoms in total. The number of carbonyl (C=O) groups is 2. The van der Waals surface area contributed by atoms with Crippen LogP contribution in [0.2, 0.25) is 0 Å². The van der Waals surface area contributed by atoms with Crippen molar-refractivity contribution >= 4 is 17.5 Å². The highest BCUT2D eigenvalue weighted by Gasteiger charge is 2.39. The van der Waals surface area contributed by atoms with Crippen molar-refractivity contribution in [2.45, 2.75) is 26.7 Å². The summed E-state index contributed by atoms with van der Waals surface area (Å²) in [6.45, 7) is 9.65. The predicted molar refractivity (Wildman–Crippen MR) is 112 cm³/mol. The molecule has 3 N–H and O–H groups in total. The van der Waals surface area contributed by atoms with Crippen LogP contribution in [0.5, 0.6) is 0 Å². The van der Waals surface area contributed by atoms with E-state index in [4.69, 9.17) is 4.74 Å². The van der Waals surface area contributed by atoms with E-state index in [1.54, 1.807) is 31.4 Å². The third-order valence-electron chi connectivity index (χ3n) is 5.48. The van der Waals surface area contributed by atoms with E-state index >= 15 is 0 Å². The highest BCUT2D eigenvalue weighted by molar-refractivity contribution is 5.97. The van der Waals surface area contributed by atoms with Crippen molar-refractivity contribution in [1.82, 2.24) is 15.5 Å². The van der Waals surface area contributed by atoms with E-state index in [9.17, 15) is 9.59 Å². The van der Waals surface area contributed by atoms with Gasteiger partial charge in [-0.2, -0.15) is 0 Å². The minimum absolute atomic E-state index is 0.0210. The van der Waals surface area contributed by atoms with Crippen LogP contribution >= 0.6 is 0 Å². The van der Waals surface area contributed by atoms with Crippen molar-refractivity contribution in [2.75, 3.05) is 58.3 Å². The third-order valence-corrected chi connectivity index (χ3v) is 5.48. The van der Waals surface area contributed by atoms with Gasteiger partial charge in [-0.25, -0.2) is 0 Å². The molecule has 2 rings (SSSR count). The molecule has 0 unspecified atom stereocenters. The Kier molecular flexibility index (Phi) is 8.89. The van der Waals surface area contributed by atoms with Gasteiger partial charge in [-0.1, -0.05) is 13.8 Å². The fourth-order valence-corrected chi connectivity index (χ4v) is 3.56. The van der Waals surface area contributed by atoms with E-state index in [2.05, 4.69) is 34.7 Å². The number of piperidine rings is 1. The first-order valence-electron chi connectivity index (χ1n) is 10.2. The highest BCUT2D eigenvalue weighted by Crippen LogP contribution is 2.30. The molecule has 156 valence electrons. The first-order valence-corrected chi connectivity index (χ1v) is 10.2. The number of benzene rings is 1. The number of nitrogens with zero attached hydrogens (tertiary/aromatic N) is 1. The second kappa shape index (κ2) is 11.1. The van der Waals surface area contributed by atoms with Gasteiger partial charge in [0.1, 0.15) is 0 Å². The summed E-state index contributed by atoms with van der Waals surface area (Å²) >= 11 is 0. The Morgan fingerprint density at radius 2 is 1.79 bits per heavy atom. The van der Waals surface area contributed by atoms with Crippen LogP contribution in [0.4, 0.5) is 5.69 Å². The normalized spacial score (nSPS) is 16.0. The molecule has 0 radical (unpaired) electrons. The number of hydrogen-bond donors (Lipinski definition) is 3. The molecule has 7 heteroatoms. The van der Waals surface area contributed by atoms with Crippen LogP contribution < -0.4 is 16.0 Å². The van der Waals surface area contributed by atoms with E-state index in [0.29, 0.717) is 24.4 Å². The molecule has 1 heterocycles. The van der Waals surface area contributed by atoms with Crippen molar-refractivity contribution in [3.8, 4) is 0 Å². The topological polar surface area (TPSA) is 82.7 Å². The molecular weight excluding hydrogens is 356 g/mol. The Balaban J connectivity index is 1.90. The fourth-order valence-electron chi connectivity index (χ4n) is 3.56. The molecule has 28 heavy (non-hydrogen) atoms. The number of nitrogens with one attached hydrogen (secondary N) is 3. The number of anilines is 1. The van der Waals surface area contributed by atoms with E-state index in [0.717, 1.165) is 45.6 Å². The lowest BCUT2D eigenvalue weighted by Crippen LogP contribution is -2.47. The Labute approximate surface area is 168 Å². The minimum Gasteiger partial charge on any atom is -0.384 e. The van der Waals surface area contributed by atoms with Crippen LogP contribution in [0.1, 0.15) is 37.0 Å². The summed E-state index contributed by atoms with van der Waals surface area (Å²) < 4.78 is 5.32.